The maximum absolute atomic E-state index is 6.72. The molecule has 0 N–H and O–H groups in total. The molecule has 2 aromatic heterocycles. The molecule has 0 aliphatic carbocycles. The fourth-order valence-corrected chi connectivity index (χ4v) is 10.5. The van der Waals surface area contributed by atoms with Crippen molar-refractivity contribution in [3.05, 3.63) is 237 Å². The molecule has 0 unspecified atom stereocenters. The third-order valence-corrected chi connectivity index (χ3v) is 13.4. The van der Waals surface area contributed by atoms with Crippen molar-refractivity contribution >= 4 is 70.5 Å². The van der Waals surface area contributed by atoms with Crippen molar-refractivity contribution in [2.45, 2.75) is 0 Å². The first-order valence-electron chi connectivity index (χ1n) is 21.4. The Morgan fingerprint density at radius 3 is 1.43 bits per heavy atom. The fourth-order valence-electron chi connectivity index (χ4n) is 9.36. The smallest absolute Gasteiger partial charge is 0.137 e. The van der Waals surface area contributed by atoms with Crippen LogP contribution < -0.4 is 4.90 Å². The molecular weight excluding hydrogens is 783 g/mol. The minimum atomic E-state index is 0.857. The van der Waals surface area contributed by atoms with Crippen molar-refractivity contribution in [2.24, 2.45) is 0 Å². The number of hydrogen-bond donors (Lipinski definition) is 0. The second kappa shape index (κ2) is 15.5. The van der Waals surface area contributed by atoms with E-state index in [1.165, 1.54) is 64.7 Å². The third-order valence-electron chi connectivity index (χ3n) is 12.3. The first kappa shape index (κ1) is 36.8. The molecule has 0 amide bonds. The van der Waals surface area contributed by atoms with E-state index >= 15 is 0 Å². The summed E-state index contributed by atoms with van der Waals surface area (Å²) in [7, 11) is 0. The van der Waals surface area contributed by atoms with Crippen molar-refractivity contribution in [3.8, 4) is 55.6 Å². The molecular formula is C60H39NOS. The summed E-state index contributed by atoms with van der Waals surface area (Å²) in [5.74, 6) is 0. The summed E-state index contributed by atoms with van der Waals surface area (Å²) in [6, 6.07) is 85.2. The van der Waals surface area contributed by atoms with Gasteiger partial charge in [0.25, 0.3) is 0 Å². The Balaban J connectivity index is 1.05. The zero-order valence-electron chi connectivity index (χ0n) is 34.3. The predicted molar refractivity (Wildman–Crippen MR) is 268 cm³/mol. The summed E-state index contributed by atoms with van der Waals surface area (Å²) in [6.07, 6.45) is 0. The van der Waals surface area contributed by atoms with Gasteiger partial charge >= 0.3 is 0 Å². The van der Waals surface area contributed by atoms with Crippen molar-refractivity contribution in [1.29, 1.82) is 0 Å². The van der Waals surface area contributed by atoms with Gasteiger partial charge in [0.05, 0.1) is 16.8 Å². The number of hydrogen-bond acceptors (Lipinski definition) is 3. The van der Waals surface area contributed by atoms with E-state index in [1.54, 1.807) is 0 Å². The number of furan rings is 1. The van der Waals surface area contributed by atoms with Gasteiger partial charge in [0.15, 0.2) is 0 Å². The predicted octanol–water partition coefficient (Wildman–Crippen LogP) is 17.8. The van der Waals surface area contributed by atoms with E-state index < -0.39 is 0 Å². The quantitative estimate of drug-likeness (QED) is 0.152. The number of thiophene rings is 1. The van der Waals surface area contributed by atoms with Crippen LogP contribution in [-0.2, 0) is 0 Å². The van der Waals surface area contributed by atoms with E-state index in [9.17, 15) is 0 Å². The van der Waals surface area contributed by atoms with Gasteiger partial charge < -0.3 is 9.32 Å². The number of benzene rings is 10. The first-order chi connectivity index (χ1) is 31.2. The third kappa shape index (κ3) is 6.50. The molecule has 0 aliphatic rings. The van der Waals surface area contributed by atoms with Crippen LogP contribution in [0, 0.1) is 0 Å². The van der Waals surface area contributed by atoms with E-state index in [2.05, 4.69) is 241 Å². The summed E-state index contributed by atoms with van der Waals surface area (Å²) >= 11 is 1.85. The summed E-state index contributed by atoms with van der Waals surface area (Å²) in [4.78, 5) is 2.45. The topological polar surface area (TPSA) is 16.4 Å². The molecule has 0 bridgehead atoms. The van der Waals surface area contributed by atoms with Crippen LogP contribution in [0.15, 0.2) is 241 Å². The second-order valence-electron chi connectivity index (χ2n) is 16.0. The van der Waals surface area contributed by atoms with Crippen molar-refractivity contribution in [1.82, 2.24) is 0 Å². The zero-order chi connectivity index (χ0) is 41.7. The standard InChI is InChI=1S/C60H39NOS/c1-4-16-40(17-5-1)44-32-36-51-56(38-44)62-55-28-14-26-53(59(51)55)61(54-27-15-29-57-60(54)52-37-33-45(39-58(52)63-57)41-18-6-2-7-19-41)46-34-30-43(31-35-46)48-23-11-13-25-50(48)49-24-12-10-22-47(49)42-20-8-3-9-21-42/h1-39H. The Morgan fingerprint density at radius 1 is 0.302 bits per heavy atom. The Kier molecular flexibility index (Phi) is 9.06. The van der Waals surface area contributed by atoms with E-state index in [4.69, 9.17) is 4.42 Å². The van der Waals surface area contributed by atoms with Crippen LogP contribution in [0.1, 0.15) is 0 Å². The van der Waals surface area contributed by atoms with Crippen molar-refractivity contribution in [3.63, 3.8) is 0 Å². The maximum Gasteiger partial charge on any atom is 0.137 e. The molecule has 0 aliphatic heterocycles. The molecule has 296 valence electrons. The minimum absolute atomic E-state index is 0.857. The SMILES string of the molecule is c1ccc(-c2ccc3c(c2)oc2cccc(N(c4ccc(-c5ccccc5-c5ccccc5-c5ccccc5)cc4)c4cccc5sc6cc(-c7ccccc7)ccc6c45)c23)cc1. The lowest BCUT2D eigenvalue weighted by Gasteiger charge is -2.27. The van der Waals surface area contributed by atoms with Crippen LogP contribution in [-0.4, -0.2) is 0 Å². The van der Waals surface area contributed by atoms with Gasteiger partial charge in [0, 0.05) is 31.2 Å². The Morgan fingerprint density at radius 2 is 0.794 bits per heavy atom. The lowest BCUT2D eigenvalue weighted by atomic mass is 9.89. The highest BCUT2D eigenvalue weighted by Crippen LogP contribution is 2.49. The molecule has 0 spiro atoms. The molecule has 63 heavy (non-hydrogen) atoms. The number of anilines is 3. The molecule has 0 saturated carbocycles. The molecule has 12 rings (SSSR count). The fraction of sp³-hybridized carbons (Fsp3) is 0. The molecule has 0 atom stereocenters. The average Bonchev–Trinajstić information content (AvgIpc) is 3.94. The van der Waals surface area contributed by atoms with Crippen LogP contribution in [0.3, 0.4) is 0 Å². The van der Waals surface area contributed by atoms with E-state index in [1.807, 2.05) is 11.3 Å². The minimum Gasteiger partial charge on any atom is -0.456 e. The molecule has 3 heteroatoms. The number of fused-ring (bicyclic) bond motifs is 6. The van der Waals surface area contributed by atoms with Gasteiger partial charge in [-0.2, -0.15) is 0 Å². The number of rotatable bonds is 8. The highest BCUT2D eigenvalue weighted by atomic mass is 32.1. The highest BCUT2D eigenvalue weighted by Gasteiger charge is 2.23. The second-order valence-corrected chi connectivity index (χ2v) is 17.1. The van der Waals surface area contributed by atoms with Gasteiger partial charge in [-0.15, -0.1) is 11.3 Å². The van der Waals surface area contributed by atoms with Gasteiger partial charge in [-0.1, -0.05) is 182 Å². The summed E-state index contributed by atoms with van der Waals surface area (Å²) in [6.45, 7) is 0. The Labute approximate surface area is 370 Å². The Bertz CT molecular complexity index is 3450. The highest BCUT2D eigenvalue weighted by molar-refractivity contribution is 7.26. The monoisotopic (exact) mass is 821 g/mol. The number of nitrogens with zero attached hydrogens (tertiary/aromatic N) is 1. The van der Waals surface area contributed by atoms with Crippen LogP contribution in [0.5, 0.6) is 0 Å². The molecule has 2 nitrogen and oxygen atoms in total. The molecule has 12 aromatic rings. The van der Waals surface area contributed by atoms with Crippen LogP contribution in [0.4, 0.5) is 17.1 Å². The Hall–Kier alpha value is -7.98. The molecule has 0 fully saturated rings. The van der Waals surface area contributed by atoms with Gasteiger partial charge in [-0.05, 0) is 110 Å². The van der Waals surface area contributed by atoms with Crippen LogP contribution >= 0.6 is 11.3 Å². The van der Waals surface area contributed by atoms with E-state index in [0.717, 1.165) is 50.1 Å². The normalized spacial score (nSPS) is 11.5. The lowest BCUT2D eigenvalue weighted by molar-refractivity contribution is 0.669. The van der Waals surface area contributed by atoms with E-state index in [-0.39, 0.29) is 0 Å². The molecule has 0 radical (unpaired) electrons. The maximum atomic E-state index is 6.72. The summed E-state index contributed by atoms with van der Waals surface area (Å²) < 4.78 is 9.24. The van der Waals surface area contributed by atoms with Crippen molar-refractivity contribution in [2.75, 3.05) is 4.90 Å². The van der Waals surface area contributed by atoms with Gasteiger partial charge in [0.2, 0.25) is 0 Å². The molecule has 0 saturated heterocycles. The van der Waals surface area contributed by atoms with Crippen LogP contribution in [0.25, 0.3) is 97.7 Å². The summed E-state index contributed by atoms with van der Waals surface area (Å²) in [5.41, 5.74) is 16.9. The van der Waals surface area contributed by atoms with Gasteiger partial charge in [-0.3, -0.25) is 0 Å². The lowest BCUT2D eigenvalue weighted by Crippen LogP contribution is -2.10. The van der Waals surface area contributed by atoms with Gasteiger partial charge in [0.1, 0.15) is 11.2 Å². The summed E-state index contributed by atoms with van der Waals surface area (Å²) in [5, 5.41) is 4.65. The average molecular weight is 822 g/mol. The molecule has 10 aromatic carbocycles. The first-order valence-corrected chi connectivity index (χ1v) is 22.2. The van der Waals surface area contributed by atoms with E-state index in [0.29, 0.717) is 0 Å². The largest absolute Gasteiger partial charge is 0.456 e. The molecule has 2 heterocycles. The van der Waals surface area contributed by atoms with Gasteiger partial charge in [-0.25, -0.2) is 0 Å². The van der Waals surface area contributed by atoms with Crippen molar-refractivity contribution < 1.29 is 4.42 Å². The zero-order valence-corrected chi connectivity index (χ0v) is 35.1. The van der Waals surface area contributed by atoms with Crippen LogP contribution in [0.2, 0.25) is 0 Å².